The van der Waals surface area contributed by atoms with Crippen LogP contribution in [0.1, 0.15) is 0 Å². The summed E-state index contributed by atoms with van der Waals surface area (Å²) in [6.07, 6.45) is -0.0721. The molecule has 0 radical (unpaired) electrons. The molecule has 0 saturated carbocycles. The summed E-state index contributed by atoms with van der Waals surface area (Å²) in [4.78, 5) is 12.3. The van der Waals surface area contributed by atoms with Gasteiger partial charge in [0.2, 0.25) is 0 Å². The molecule has 0 aromatic heterocycles. The fourth-order valence-corrected chi connectivity index (χ4v) is 2.37. The topological polar surface area (TPSA) is 67.6 Å². The van der Waals surface area contributed by atoms with Crippen LogP contribution < -0.4 is 10.2 Å². The van der Waals surface area contributed by atoms with Crippen LogP contribution in [0.3, 0.4) is 0 Å². The van der Waals surface area contributed by atoms with Crippen LogP contribution in [-0.4, -0.2) is 44.3 Å². The van der Waals surface area contributed by atoms with Crippen molar-refractivity contribution in [3.63, 3.8) is 0 Å². The van der Waals surface area contributed by atoms with Crippen molar-refractivity contribution in [1.82, 2.24) is 5.32 Å². The fourth-order valence-electron chi connectivity index (χ4n) is 2.21. The fraction of sp³-hybridized carbons (Fsp3) is 0.500. The lowest BCUT2D eigenvalue weighted by Crippen LogP contribution is -2.46. The van der Waals surface area contributed by atoms with Gasteiger partial charge in [0.1, 0.15) is 11.5 Å². The second kappa shape index (κ2) is 6.34. The van der Waals surface area contributed by atoms with E-state index in [0.717, 1.165) is 6.07 Å². The van der Waals surface area contributed by atoms with Gasteiger partial charge in [-0.05, 0) is 13.1 Å². The second-order valence-electron chi connectivity index (χ2n) is 4.51. The number of rotatable bonds is 4. The molecule has 2 rings (SSSR count). The highest BCUT2D eigenvalue weighted by Gasteiger charge is 2.27. The predicted molar refractivity (Wildman–Crippen MR) is 73.9 cm³/mol. The zero-order valence-corrected chi connectivity index (χ0v) is 11.7. The third-order valence-electron chi connectivity index (χ3n) is 3.13. The molecular weight excluding hydrogens is 289 g/mol. The third-order valence-corrected chi connectivity index (χ3v) is 3.42. The van der Waals surface area contributed by atoms with Gasteiger partial charge in [-0.2, -0.15) is 0 Å². The summed E-state index contributed by atoms with van der Waals surface area (Å²) in [5.74, 6) is -0.790. The van der Waals surface area contributed by atoms with E-state index in [1.54, 1.807) is 11.9 Å². The van der Waals surface area contributed by atoms with Gasteiger partial charge in [0, 0.05) is 19.6 Å². The molecule has 110 valence electrons. The van der Waals surface area contributed by atoms with Crippen LogP contribution >= 0.6 is 11.6 Å². The van der Waals surface area contributed by atoms with Gasteiger partial charge in [-0.3, -0.25) is 10.1 Å². The number of anilines is 1. The van der Waals surface area contributed by atoms with Crippen LogP contribution in [0.15, 0.2) is 12.1 Å². The van der Waals surface area contributed by atoms with Crippen LogP contribution in [0.25, 0.3) is 0 Å². The van der Waals surface area contributed by atoms with Crippen molar-refractivity contribution in [3.8, 4) is 0 Å². The third kappa shape index (κ3) is 3.17. The normalized spacial score (nSPS) is 19.1. The average molecular weight is 304 g/mol. The van der Waals surface area contributed by atoms with Crippen LogP contribution in [0.4, 0.5) is 15.8 Å². The van der Waals surface area contributed by atoms with Crippen molar-refractivity contribution in [2.45, 2.75) is 6.10 Å². The number of nitro benzene ring substituents is 1. The number of hydrogen-bond donors (Lipinski definition) is 1. The molecule has 20 heavy (non-hydrogen) atoms. The molecule has 1 fully saturated rings. The van der Waals surface area contributed by atoms with E-state index in [1.165, 1.54) is 6.07 Å². The quantitative estimate of drug-likeness (QED) is 0.679. The van der Waals surface area contributed by atoms with E-state index < -0.39 is 10.7 Å². The Hall–Kier alpha value is -1.44. The summed E-state index contributed by atoms with van der Waals surface area (Å²) in [6.45, 7) is 2.09. The summed E-state index contributed by atoms with van der Waals surface area (Å²) in [5, 5.41) is 13.9. The average Bonchev–Trinajstić information content (AvgIpc) is 2.42. The Balaban J connectivity index is 2.31. The van der Waals surface area contributed by atoms with Gasteiger partial charge in [-0.25, -0.2) is 4.39 Å². The first-order valence-corrected chi connectivity index (χ1v) is 6.55. The predicted octanol–water partition coefficient (Wildman–Crippen LogP) is 1.81. The SMILES string of the molecule is CNCC1CN(c2cc(Cl)c(F)cc2[N+](=O)[O-])CCO1. The van der Waals surface area contributed by atoms with Crippen molar-refractivity contribution in [2.24, 2.45) is 0 Å². The van der Waals surface area contributed by atoms with E-state index in [2.05, 4.69) is 5.32 Å². The second-order valence-corrected chi connectivity index (χ2v) is 4.92. The number of morpholine rings is 1. The van der Waals surface area contributed by atoms with E-state index in [4.69, 9.17) is 16.3 Å². The lowest BCUT2D eigenvalue weighted by Gasteiger charge is -2.34. The Labute approximate surface area is 120 Å². The Morgan fingerprint density at radius 1 is 1.65 bits per heavy atom. The Bertz CT molecular complexity index is 513. The first kappa shape index (κ1) is 15.0. The monoisotopic (exact) mass is 303 g/mol. The number of halogens is 2. The zero-order valence-electron chi connectivity index (χ0n) is 10.9. The maximum atomic E-state index is 13.4. The summed E-state index contributed by atoms with van der Waals surface area (Å²) in [5.41, 5.74) is 0.0443. The Morgan fingerprint density at radius 2 is 2.40 bits per heavy atom. The number of nitrogens with zero attached hydrogens (tertiary/aromatic N) is 2. The van der Waals surface area contributed by atoms with Gasteiger partial charge in [0.25, 0.3) is 5.69 Å². The van der Waals surface area contributed by atoms with E-state index >= 15 is 0 Å². The lowest BCUT2D eigenvalue weighted by molar-refractivity contribution is -0.384. The lowest BCUT2D eigenvalue weighted by atomic mass is 10.2. The highest BCUT2D eigenvalue weighted by Crippen LogP contribution is 2.34. The van der Waals surface area contributed by atoms with Crippen molar-refractivity contribution in [1.29, 1.82) is 0 Å². The minimum absolute atomic E-state index is 0.0721. The zero-order chi connectivity index (χ0) is 14.7. The largest absolute Gasteiger partial charge is 0.373 e. The minimum atomic E-state index is -0.790. The van der Waals surface area contributed by atoms with Gasteiger partial charge in [-0.1, -0.05) is 11.6 Å². The molecule has 1 aliphatic heterocycles. The summed E-state index contributed by atoms with van der Waals surface area (Å²) >= 11 is 5.74. The number of benzene rings is 1. The molecule has 1 unspecified atom stereocenters. The summed E-state index contributed by atoms with van der Waals surface area (Å²) < 4.78 is 18.9. The molecule has 0 amide bonds. The van der Waals surface area contributed by atoms with Crippen molar-refractivity contribution >= 4 is 23.0 Å². The van der Waals surface area contributed by atoms with Gasteiger partial charge in [0.15, 0.2) is 0 Å². The Morgan fingerprint density at radius 3 is 3.05 bits per heavy atom. The Kier molecular flexibility index (Phi) is 4.74. The van der Waals surface area contributed by atoms with Gasteiger partial charge >= 0.3 is 0 Å². The van der Waals surface area contributed by atoms with Gasteiger partial charge in [-0.15, -0.1) is 0 Å². The number of nitro groups is 1. The molecule has 8 heteroatoms. The summed E-state index contributed by atoms with van der Waals surface area (Å²) in [6, 6.07) is 2.16. The van der Waals surface area contributed by atoms with Crippen LogP contribution in [-0.2, 0) is 4.74 Å². The molecule has 1 aromatic rings. The maximum absolute atomic E-state index is 13.4. The number of ether oxygens (including phenoxy) is 1. The molecule has 1 aromatic carbocycles. The maximum Gasteiger partial charge on any atom is 0.295 e. The number of hydrogen-bond acceptors (Lipinski definition) is 5. The molecular formula is C12H15ClFN3O3. The van der Waals surface area contributed by atoms with Crippen molar-refractivity contribution in [2.75, 3.05) is 38.2 Å². The van der Waals surface area contributed by atoms with Crippen molar-refractivity contribution in [3.05, 3.63) is 33.1 Å². The van der Waals surface area contributed by atoms with Crippen LogP contribution in [0, 0.1) is 15.9 Å². The van der Waals surface area contributed by atoms with Crippen LogP contribution in [0.5, 0.6) is 0 Å². The first-order valence-electron chi connectivity index (χ1n) is 6.17. The highest BCUT2D eigenvalue weighted by molar-refractivity contribution is 6.31. The van der Waals surface area contributed by atoms with E-state index in [1.807, 2.05) is 0 Å². The molecule has 0 aliphatic carbocycles. The van der Waals surface area contributed by atoms with E-state index in [9.17, 15) is 14.5 Å². The molecule has 1 N–H and O–H groups in total. The first-order chi connectivity index (χ1) is 9.52. The molecule has 6 nitrogen and oxygen atoms in total. The van der Waals surface area contributed by atoms with Gasteiger partial charge < -0.3 is 15.0 Å². The standard InChI is InChI=1S/C12H15ClFN3O3/c1-15-6-8-7-16(2-3-20-8)11-4-9(13)10(14)5-12(11)17(18)19/h4-5,8,15H,2-3,6-7H2,1H3. The van der Waals surface area contributed by atoms with Crippen molar-refractivity contribution < 1.29 is 14.1 Å². The molecule has 1 aliphatic rings. The molecule has 1 heterocycles. The summed E-state index contributed by atoms with van der Waals surface area (Å²) in [7, 11) is 1.81. The molecule has 0 bridgehead atoms. The van der Waals surface area contributed by atoms with Crippen LogP contribution in [0.2, 0.25) is 5.02 Å². The smallest absolute Gasteiger partial charge is 0.295 e. The van der Waals surface area contributed by atoms with E-state index in [0.29, 0.717) is 31.9 Å². The highest BCUT2D eigenvalue weighted by atomic mass is 35.5. The van der Waals surface area contributed by atoms with E-state index in [-0.39, 0.29) is 16.8 Å². The minimum Gasteiger partial charge on any atom is -0.373 e. The number of nitrogens with one attached hydrogen (secondary N) is 1. The van der Waals surface area contributed by atoms with Gasteiger partial charge in [0.05, 0.1) is 28.7 Å². The molecule has 0 spiro atoms. The molecule has 1 saturated heterocycles. The number of likely N-dealkylation sites (N-methyl/N-ethyl adjacent to an activating group) is 1. The molecule has 1 atom stereocenters.